The lowest BCUT2D eigenvalue weighted by Gasteiger charge is -2.31. The first-order chi connectivity index (χ1) is 38.6. The molecule has 0 amide bonds. The summed E-state index contributed by atoms with van der Waals surface area (Å²) in [6.07, 6.45) is 0. The predicted octanol–water partition coefficient (Wildman–Crippen LogP) is 22.4. The van der Waals surface area contributed by atoms with Gasteiger partial charge in [0.2, 0.25) is 0 Å². The molecule has 0 radical (unpaired) electrons. The number of nitrogens with zero attached hydrogens (tertiary/aromatic N) is 2. The average Bonchev–Trinajstić information content (AvgIpc) is 4.04. The summed E-state index contributed by atoms with van der Waals surface area (Å²) in [4.78, 5) is 4.93. The number of fused-ring (bicyclic) bond motifs is 5. The van der Waals surface area contributed by atoms with Crippen LogP contribution in [-0.2, 0) is 0 Å². The van der Waals surface area contributed by atoms with Crippen LogP contribution >= 0.6 is 0 Å². The van der Waals surface area contributed by atoms with Crippen molar-refractivity contribution in [2.75, 3.05) is 9.80 Å². The van der Waals surface area contributed by atoms with Crippen LogP contribution in [0.3, 0.4) is 0 Å². The van der Waals surface area contributed by atoms with E-state index >= 15 is 0 Å². The van der Waals surface area contributed by atoms with E-state index in [1.54, 1.807) is 0 Å². The largest absolute Gasteiger partial charge is 0.456 e. The number of benzene rings is 12. The van der Waals surface area contributed by atoms with Crippen molar-refractivity contribution >= 4 is 77.6 Å². The Morgan fingerprint density at radius 1 is 0.304 bits per heavy atom. The van der Waals surface area contributed by atoms with E-state index in [1.807, 2.05) is 0 Å². The zero-order chi connectivity index (χ0) is 53.7. The van der Waals surface area contributed by atoms with Crippen molar-refractivity contribution in [3.05, 3.63) is 277 Å². The van der Waals surface area contributed by atoms with Crippen LogP contribution in [-0.4, -0.2) is 0 Å². The Bertz CT molecular complexity index is 4380. The third kappa shape index (κ3) is 9.32. The number of hydrogen-bond donors (Lipinski definition) is 0. The number of hydrogen-bond acceptors (Lipinski definition) is 3. The van der Waals surface area contributed by atoms with Crippen LogP contribution in [0, 0.1) is 13.8 Å². The molecular formula is C76H62N2O. The maximum Gasteiger partial charge on any atom is 0.136 e. The summed E-state index contributed by atoms with van der Waals surface area (Å²) in [5, 5.41) is 6.73. The monoisotopic (exact) mass is 1020 g/mol. The highest BCUT2D eigenvalue weighted by molar-refractivity contribution is 6.14. The summed E-state index contributed by atoms with van der Waals surface area (Å²) >= 11 is 0. The van der Waals surface area contributed by atoms with E-state index in [-0.39, 0.29) is 0 Å². The third-order valence-electron chi connectivity index (χ3n) is 15.9. The molecule has 79 heavy (non-hydrogen) atoms. The summed E-state index contributed by atoms with van der Waals surface area (Å²) in [6.45, 7) is 13.5. The summed E-state index contributed by atoms with van der Waals surface area (Å²) in [7, 11) is 0. The number of aryl methyl sites for hydroxylation is 2. The minimum absolute atomic E-state index is 0.373. The number of rotatable bonds is 12. The van der Waals surface area contributed by atoms with Gasteiger partial charge in [-0.15, -0.1) is 0 Å². The van der Waals surface area contributed by atoms with E-state index in [2.05, 4.69) is 306 Å². The standard InChI is InChI=1S/C76H62N2O/c1-49(2)57-32-37-71(67(42-57)55-23-15-9-16-24-55)77(73-46-61(29-28-52(73)6)53-19-11-7-12-20-53)64-34-30-59-44-69-70-45-60-31-35-65(41-63(60)48-76(70)79-75(69)47-62(59)40-64)78(74-39-51(5)27-36-66(74)54-21-13-8-14-22-54)72-38-33-58(50(3)4)43-68(72)56-25-17-10-18-26-56/h7-50H,1-6H3. The number of furan rings is 1. The molecular weight excluding hydrogens is 957 g/mol. The minimum Gasteiger partial charge on any atom is -0.456 e. The van der Waals surface area contributed by atoms with Crippen LogP contribution in [0.1, 0.15) is 61.8 Å². The first-order valence-electron chi connectivity index (χ1n) is 27.8. The van der Waals surface area contributed by atoms with E-state index in [9.17, 15) is 0 Å². The maximum absolute atomic E-state index is 6.98. The highest BCUT2D eigenvalue weighted by atomic mass is 16.3. The molecule has 13 aromatic rings. The first-order valence-corrected chi connectivity index (χ1v) is 27.8. The fourth-order valence-corrected chi connectivity index (χ4v) is 11.6. The molecule has 3 nitrogen and oxygen atoms in total. The fourth-order valence-electron chi connectivity index (χ4n) is 11.6. The second kappa shape index (κ2) is 20.5. The van der Waals surface area contributed by atoms with Crippen LogP contribution in [0.15, 0.2) is 259 Å². The van der Waals surface area contributed by atoms with Crippen molar-refractivity contribution in [1.82, 2.24) is 0 Å². The Labute approximate surface area is 464 Å². The van der Waals surface area contributed by atoms with Gasteiger partial charge in [-0.3, -0.25) is 0 Å². The van der Waals surface area contributed by atoms with Gasteiger partial charge in [-0.2, -0.15) is 0 Å². The lowest BCUT2D eigenvalue weighted by atomic mass is 9.93. The molecule has 382 valence electrons. The summed E-state index contributed by atoms with van der Waals surface area (Å²) in [6, 6.07) is 93.8. The van der Waals surface area contributed by atoms with Crippen LogP contribution in [0.2, 0.25) is 0 Å². The van der Waals surface area contributed by atoms with Gasteiger partial charge in [0.05, 0.1) is 17.1 Å². The average molecular weight is 1020 g/mol. The van der Waals surface area contributed by atoms with Gasteiger partial charge < -0.3 is 14.2 Å². The van der Waals surface area contributed by atoms with Crippen LogP contribution < -0.4 is 9.80 Å². The van der Waals surface area contributed by atoms with Crippen molar-refractivity contribution in [1.29, 1.82) is 0 Å². The summed E-state index contributed by atoms with van der Waals surface area (Å²) in [5.41, 5.74) is 22.8. The highest BCUT2D eigenvalue weighted by Gasteiger charge is 2.25. The smallest absolute Gasteiger partial charge is 0.136 e. The van der Waals surface area contributed by atoms with Gasteiger partial charge >= 0.3 is 0 Å². The molecule has 0 spiro atoms. The van der Waals surface area contributed by atoms with E-state index in [1.165, 1.54) is 66.8 Å². The second-order valence-corrected chi connectivity index (χ2v) is 21.9. The number of anilines is 6. The molecule has 0 atom stereocenters. The molecule has 0 aliphatic carbocycles. The topological polar surface area (TPSA) is 19.6 Å². The summed E-state index contributed by atoms with van der Waals surface area (Å²) in [5.74, 6) is 0.750. The molecule has 0 fully saturated rings. The Morgan fingerprint density at radius 3 is 1.24 bits per heavy atom. The van der Waals surface area contributed by atoms with Gasteiger partial charge in [-0.1, -0.05) is 198 Å². The van der Waals surface area contributed by atoms with Gasteiger partial charge in [0, 0.05) is 44.5 Å². The van der Waals surface area contributed by atoms with E-state index < -0.39 is 0 Å². The molecule has 1 aromatic heterocycles. The SMILES string of the molecule is Cc1ccc(-c2ccccc2)c(N(c2ccc3cc4c(cc3c2)oc2cc3cc(N(c5cc(-c6ccccc6)ccc5C)c5ccc(C(C)C)cc5-c5ccccc5)ccc3cc24)c2ccc(C(C)C)cc2-c2ccccc2)c1. The van der Waals surface area contributed by atoms with Crippen molar-refractivity contribution in [3.8, 4) is 44.5 Å². The Hall–Kier alpha value is -9.44. The van der Waals surface area contributed by atoms with Gasteiger partial charge in [-0.25, -0.2) is 0 Å². The fraction of sp³-hybridized carbons (Fsp3) is 0.105. The minimum atomic E-state index is 0.373. The van der Waals surface area contributed by atoms with E-state index in [0.29, 0.717) is 11.8 Å². The zero-order valence-electron chi connectivity index (χ0n) is 45.7. The lowest BCUT2D eigenvalue weighted by Crippen LogP contribution is -2.13. The molecule has 13 rings (SSSR count). The van der Waals surface area contributed by atoms with Crippen LogP contribution in [0.4, 0.5) is 34.1 Å². The predicted molar refractivity (Wildman–Crippen MR) is 337 cm³/mol. The molecule has 3 heteroatoms. The van der Waals surface area contributed by atoms with Gasteiger partial charge in [0.1, 0.15) is 11.2 Å². The molecule has 1 heterocycles. The van der Waals surface area contributed by atoms with Crippen LogP contribution in [0.25, 0.3) is 88.0 Å². The van der Waals surface area contributed by atoms with Crippen molar-refractivity contribution in [2.45, 2.75) is 53.4 Å². The molecule has 0 aliphatic heterocycles. The first kappa shape index (κ1) is 49.2. The maximum atomic E-state index is 6.98. The molecule has 0 bridgehead atoms. The Kier molecular flexibility index (Phi) is 12.8. The van der Waals surface area contributed by atoms with Gasteiger partial charge in [0.15, 0.2) is 0 Å². The van der Waals surface area contributed by atoms with Gasteiger partial charge in [-0.05, 0) is 182 Å². The normalized spacial score (nSPS) is 11.6. The molecule has 0 N–H and O–H groups in total. The lowest BCUT2D eigenvalue weighted by molar-refractivity contribution is 0.670. The van der Waals surface area contributed by atoms with Gasteiger partial charge in [0.25, 0.3) is 0 Å². The van der Waals surface area contributed by atoms with Crippen LogP contribution in [0.5, 0.6) is 0 Å². The second-order valence-electron chi connectivity index (χ2n) is 21.9. The quantitative estimate of drug-likeness (QED) is 0.122. The summed E-state index contributed by atoms with van der Waals surface area (Å²) < 4.78 is 6.98. The van der Waals surface area contributed by atoms with Crippen molar-refractivity contribution < 1.29 is 4.42 Å². The highest BCUT2D eigenvalue weighted by Crippen LogP contribution is 2.49. The molecule has 0 aliphatic rings. The third-order valence-corrected chi connectivity index (χ3v) is 15.9. The molecule has 12 aromatic carbocycles. The van der Waals surface area contributed by atoms with Crippen molar-refractivity contribution in [3.63, 3.8) is 0 Å². The Balaban J connectivity index is 0.968. The van der Waals surface area contributed by atoms with Crippen molar-refractivity contribution in [2.24, 2.45) is 0 Å². The van der Waals surface area contributed by atoms with E-state index in [4.69, 9.17) is 4.42 Å². The molecule has 0 unspecified atom stereocenters. The Morgan fingerprint density at radius 2 is 0.759 bits per heavy atom. The zero-order valence-corrected chi connectivity index (χ0v) is 45.7. The molecule has 0 saturated heterocycles. The van der Waals surface area contributed by atoms with E-state index in [0.717, 1.165) is 77.6 Å². The molecule has 0 saturated carbocycles.